The number of carboxylic acids is 1. The summed E-state index contributed by atoms with van der Waals surface area (Å²) in [5.41, 5.74) is 2.65. The Labute approximate surface area is 93.0 Å². The number of anilines is 1. The molecule has 0 saturated heterocycles. The van der Waals surface area contributed by atoms with Crippen molar-refractivity contribution >= 4 is 17.4 Å². The highest BCUT2D eigenvalue weighted by atomic mass is 16.4. The van der Waals surface area contributed by atoms with Crippen molar-refractivity contribution in [3.8, 4) is 0 Å². The van der Waals surface area contributed by atoms with Gasteiger partial charge < -0.3 is 10.4 Å². The van der Waals surface area contributed by atoms with Crippen molar-refractivity contribution < 1.29 is 9.90 Å². The van der Waals surface area contributed by atoms with Gasteiger partial charge in [-0.05, 0) is 11.6 Å². The van der Waals surface area contributed by atoms with Gasteiger partial charge in [-0.15, -0.1) is 0 Å². The number of hydrogen-bond acceptors (Lipinski definition) is 3. The summed E-state index contributed by atoms with van der Waals surface area (Å²) in [4.78, 5) is 15.0. The number of hydrogen-bond donors (Lipinski definition) is 2. The number of rotatable bonds is 1. The average Bonchev–Trinajstić information content (AvgIpc) is 2.66. The fourth-order valence-corrected chi connectivity index (χ4v) is 2.53. The molecule has 2 atom stereocenters. The second kappa shape index (κ2) is 3.33. The smallest absolute Gasteiger partial charge is 0.349 e. The molecule has 16 heavy (non-hydrogen) atoms. The number of nitrogens with zero attached hydrogens (tertiary/aromatic N) is 1. The SMILES string of the molecule is O=C(O)C1=NCC2Nc3ccccc3C2C1. The predicted octanol–water partition coefficient (Wildman–Crippen LogP) is 1.49. The van der Waals surface area contributed by atoms with E-state index in [1.807, 2.05) is 18.2 Å². The van der Waals surface area contributed by atoms with Crippen molar-refractivity contribution in [1.29, 1.82) is 0 Å². The minimum atomic E-state index is -0.886. The van der Waals surface area contributed by atoms with E-state index in [9.17, 15) is 4.79 Å². The first kappa shape index (κ1) is 9.39. The van der Waals surface area contributed by atoms with Crippen LogP contribution in [0.3, 0.4) is 0 Å². The first-order valence-electron chi connectivity index (χ1n) is 5.38. The molecule has 2 heterocycles. The summed E-state index contributed by atoms with van der Waals surface area (Å²) in [7, 11) is 0. The Hall–Kier alpha value is -1.84. The molecule has 0 aliphatic carbocycles. The highest BCUT2D eigenvalue weighted by Gasteiger charge is 2.36. The summed E-state index contributed by atoms with van der Waals surface area (Å²) in [6.45, 7) is 0.557. The van der Waals surface area contributed by atoms with E-state index in [0.29, 0.717) is 18.7 Å². The summed E-state index contributed by atoms with van der Waals surface area (Å²) in [5, 5.41) is 12.4. The Balaban J connectivity index is 1.95. The number of aliphatic carboxylic acids is 1. The maximum absolute atomic E-state index is 10.9. The normalized spacial score (nSPS) is 26.4. The zero-order valence-electron chi connectivity index (χ0n) is 8.68. The van der Waals surface area contributed by atoms with Gasteiger partial charge in [-0.25, -0.2) is 4.79 Å². The molecule has 1 aromatic rings. The molecular weight excluding hydrogens is 204 g/mol. The lowest BCUT2D eigenvalue weighted by atomic mass is 9.88. The lowest BCUT2D eigenvalue weighted by molar-refractivity contribution is -0.129. The molecule has 0 radical (unpaired) electrons. The van der Waals surface area contributed by atoms with E-state index in [0.717, 1.165) is 5.69 Å². The Kier molecular flexibility index (Phi) is 1.96. The zero-order chi connectivity index (χ0) is 11.1. The number of carboxylic acid groups (broad SMARTS) is 1. The van der Waals surface area contributed by atoms with Gasteiger partial charge in [0.2, 0.25) is 0 Å². The van der Waals surface area contributed by atoms with E-state index in [2.05, 4.69) is 16.4 Å². The van der Waals surface area contributed by atoms with Crippen molar-refractivity contribution in [3.05, 3.63) is 29.8 Å². The highest BCUT2D eigenvalue weighted by molar-refractivity contribution is 6.36. The molecule has 2 aliphatic heterocycles. The van der Waals surface area contributed by atoms with Crippen LogP contribution in [0.4, 0.5) is 5.69 Å². The van der Waals surface area contributed by atoms with Crippen LogP contribution in [-0.4, -0.2) is 29.4 Å². The van der Waals surface area contributed by atoms with Crippen molar-refractivity contribution in [2.75, 3.05) is 11.9 Å². The van der Waals surface area contributed by atoms with E-state index in [1.165, 1.54) is 5.56 Å². The van der Waals surface area contributed by atoms with E-state index in [4.69, 9.17) is 5.11 Å². The van der Waals surface area contributed by atoms with Crippen molar-refractivity contribution in [3.63, 3.8) is 0 Å². The van der Waals surface area contributed by atoms with Crippen LogP contribution in [0.1, 0.15) is 17.9 Å². The minimum Gasteiger partial charge on any atom is -0.477 e. The molecule has 0 amide bonds. The number of fused-ring (bicyclic) bond motifs is 3. The standard InChI is InChI=1S/C12H12N2O2/c15-12(16)10-5-8-7-3-1-2-4-9(7)14-11(8)6-13-10/h1-4,8,11,14H,5-6H2,(H,15,16). The Bertz CT molecular complexity index is 482. The lowest BCUT2D eigenvalue weighted by Gasteiger charge is -2.23. The Morgan fingerprint density at radius 3 is 3.06 bits per heavy atom. The molecule has 0 fully saturated rings. The first-order chi connectivity index (χ1) is 7.75. The van der Waals surface area contributed by atoms with Gasteiger partial charge in [0, 0.05) is 18.0 Å². The van der Waals surface area contributed by atoms with E-state index >= 15 is 0 Å². The first-order valence-corrected chi connectivity index (χ1v) is 5.38. The Morgan fingerprint density at radius 2 is 2.25 bits per heavy atom. The van der Waals surface area contributed by atoms with E-state index in [1.54, 1.807) is 0 Å². The van der Waals surface area contributed by atoms with Crippen LogP contribution in [0.25, 0.3) is 0 Å². The largest absolute Gasteiger partial charge is 0.477 e. The summed E-state index contributed by atoms with van der Waals surface area (Å²) in [6.07, 6.45) is 0.532. The quantitative estimate of drug-likeness (QED) is 0.747. The van der Waals surface area contributed by atoms with Gasteiger partial charge >= 0.3 is 5.97 Å². The molecule has 2 unspecified atom stereocenters. The summed E-state index contributed by atoms with van der Waals surface area (Å²) in [5.74, 6) is -0.623. The molecule has 3 rings (SSSR count). The molecule has 4 heteroatoms. The number of para-hydroxylation sites is 1. The molecule has 2 N–H and O–H groups in total. The van der Waals surface area contributed by atoms with Gasteiger partial charge in [-0.2, -0.15) is 0 Å². The Morgan fingerprint density at radius 1 is 1.44 bits per heavy atom. The molecule has 0 spiro atoms. The minimum absolute atomic E-state index is 0.264. The van der Waals surface area contributed by atoms with Crippen LogP contribution >= 0.6 is 0 Å². The maximum Gasteiger partial charge on any atom is 0.349 e. The lowest BCUT2D eigenvalue weighted by Crippen LogP contribution is -2.33. The summed E-state index contributed by atoms with van der Waals surface area (Å²) >= 11 is 0. The number of benzene rings is 1. The van der Waals surface area contributed by atoms with Gasteiger partial charge in [0.05, 0.1) is 12.6 Å². The van der Waals surface area contributed by atoms with Crippen LogP contribution in [0, 0.1) is 0 Å². The third kappa shape index (κ3) is 1.30. The third-order valence-electron chi connectivity index (χ3n) is 3.33. The van der Waals surface area contributed by atoms with Crippen LogP contribution < -0.4 is 5.32 Å². The second-order valence-electron chi connectivity index (χ2n) is 4.24. The topological polar surface area (TPSA) is 61.7 Å². The van der Waals surface area contributed by atoms with Gasteiger partial charge in [-0.1, -0.05) is 18.2 Å². The molecular formula is C12H12N2O2. The average molecular weight is 216 g/mol. The monoisotopic (exact) mass is 216 g/mol. The van der Waals surface area contributed by atoms with E-state index < -0.39 is 5.97 Å². The van der Waals surface area contributed by atoms with Gasteiger partial charge in [-0.3, -0.25) is 4.99 Å². The molecule has 4 nitrogen and oxygen atoms in total. The van der Waals surface area contributed by atoms with Crippen LogP contribution in [0.15, 0.2) is 29.3 Å². The van der Waals surface area contributed by atoms with Crippen molar-refractivity contribution in [2.45, 2.75) is 18.4 Å². The van der Waals surface area contributed by atoms with Gasteiger partial charge in [0.25, 0.3) is 0 Å². The second-order valence-corrected chi connectivity index (χ2v) is 4.24. The van der Waals surface area contributed by atoms with Crippen molar-refractivity contribution in [2.24, 2.45) is 4.99 Å². The van der Waals surface area contributed by atoms with Gasteiger partial charge in [0.15, 0.2) is 0 Å². The maximum atomic E-state index is 10.9. The number of carbonyl (C=O) groups is 1. The molecule has 2 aliphatic rings. The molecule has 82 valence electrons. The summed E-state index contributed by atoms with van der Waals surface area (Å²) in [6, 6.07) is 8.35. The predicted molar refractivity (Wildman–Crippen MR) is 61.1 cm³/mol. The van der Waals surface area contributed by atoms with E-state index in [-0.39, 0.29) is 12.0 Å². The van der Waals surface area contributed by atoms with Crippen LogP contribution in [0.2, 0.25) is 0 Å². The highest BCUT2D eigenvalue weighted by Crippen LogP contribution is 2.39. The molecule has 0 bridgehead atoms. The van der Waals surface area contributed by atoms with Gasteiger partial charge in [0.1, 0.15) is 5.71 Å². The number of nitrogens with one attached hydrogen (secondary N) is 1. The number of aliphatic imine (C=N–C) groups is 1. The third-order valence-corrected chi connectivity index (χ3v) is 3.33. The zero-order valence-corrected chi connectivity index (χ0v) is 8.68. The van der Waals surface area contributed by atoms with Crippen LogP contribution in [-0.2, 0) is 4.79 Å². The summed E-state index contributed by atoms with van der Waals surface area (Å²) < 4.78 is 0. The molecule has 0 saturated carbocycles. The van der Waals surface area contributed by atoms with Crippen LogP contribution in [0.5, 0.6) is 0 Å². The van der Waals surface area contributed by atoms with Crippen molar-refractivity contribution in [1.82, 2.24) is 0 Å². The fraction of sp³-hybridized carbons (Fsp3) is 0.333. The fourth-order valence-electron chi connectivity index (χ4n) is 2.53. The molecule has 1 aromatic carbocycles. The molecule has 0 aromatic heterocycles.